The van der Waals surface area contributed by atoms with Gasteiger partial charge in [-0.25, -0.2) is 0 Å². The molecule has 0 radical (unpaired) electrons. The SMILES string of the molecule is CCCc1nc(COc2ccc3c(C)c(C)c(=O)[nH]c3c2C)no1. The fourth-order valence-corrected chi connectivity index (χ4v) is 2.71. The van der Waals surface area contributed by atoms with Gasteiger partial charge in [0.25, 0.3) is 5.56 Å². The van der Waals surface area contributed by atoms with E-state index >= 15 is 0 Å². The van der Waals surface area contributed by atoms with E-state index in [0.29, 0.717) is 17.5 Å². The van der Waals surface area contributed by atoms with Crippen molar-refractivity contribution in [3.05, 3.63) is 50.9 Å². The fourth-order valence-electron chi connectivity index (χ4n) is 2.71. The van der Waals surface area contributed by atoms with Crippen LogP contribution in [0.1, 0.15) is 41.8 Å². The van der Waals surface area contributed by atoms with Gasteiger partial charge in [-0.1, -0.05) is 12.1 Å². The molecule has 3 aromatic rings. The minimum Gasteiger partial charge on any atom is -0.485 e. The first-order valence-corrected chi connectivity index (χ1v) is 8.08. The number of hydrogen-bond donors (Lipinski definition) is 1. The Hall–Kier alpha value is -2.63. The average molecular weight is 327 g/mol. The highest BCUT2D eigenvalue weighted by atomic mass is 16.5. The molecule has 0 fully saturated rings. The molecular formula is C18H21N3O3. The number of fused-ring (bicyclic) bond motifs is 1. The molecule has 6 nitrogen and oxygen atoms in total. The molecule has 0 aliphatic rings. The van der Waals surface area contributed by atoms with Crippen molar-refractivity contribution in [3.63, 3.8) is 0 Å². The summed E-state index contributed by atoms with van der Waals surface area (Å²) in [6, 6.07) is 3.88. The summed E-state index contributed by atoms with van der Waals surface area (Å²) in [7, 11) is 0. The summed E-state index contributed by atoms with van der Waals surface area (Å²) in [5.41, 5.74) is 3.37. The molecule has 0 aliphatic heterocycles. The lowest BCUT2D eigenvalue weighted by Crippen LogP contribution is -2.12. The van der Waals surface area contributed by atoms with Crippen molar-refractivity contribution in [2.45, 2.75) is 47.1 Å². The lowest BCUT2D eigenvalue weighted by atomic mass is 10.0. The van der Waals surface area contributed by atoms with E-state index in [4.69, 9.17) is 9.26 Å². The lowest BCUT2D eigenvalue weighted by Gasteiger charge is -2.12. The molecule has 0 spiro atoms. The van der Waals surface area contributed by atoms with Crippen LogP contribution in [0.2, 0.25) is 0 Å². The van der Waals surface area contributed by atoms with Crippen LogP contribution in [0.3, 0.4) is 0 Å². The second-order valence-electron chi connectivity index (χ2n) is 5.96. The Labute approximate surface area is 139 Å². The number of aryl methyl sites for hydroxylation is 3. The van der Waals surface area contributed by atoms with E-state index in [0.717, 1.165) is 40.4 Å². The maximum Gasteiger partial charge on any atom is 0.251 e. The molecule has 0 atom stereocenters. The third kappa shape index (κ3) is 2.91. The molecule has 1 aromatic carbocycles. The standard InChI is InChI=1S/C18H21N3O3/c1-5-6-16-19-15(21-24-16)9-23-14-8-7-13-10(2)11(3)18(22)20-17(13)12(14)4/h7-8H,5-6,9H2,1-4H3,(H,20,22). The molecule has 126 valence electrons. The van der Waals surface area contributed by atoms with Gasteiger partial charge < -0.3 is 14.2 Å². The molecule has 0 amide bonds. The van der Waals surface area contributed by atoms with Crippen LogP contribution in [0.5, 0.6) is 5.75 Å². The number of pyridine rings is 1. The van der Waals surface area contributed by atoms with Gasteiger partial charge in [-0.15, -0.1) is 0 Å². The van der Waals surface area contributed by atoms with E-state index in [1.807, 2.05) is 32.9 Å². The van der Waals surface area contributed by atoms with Gasteiger partial charge in [-0.05, 0) is 44.9 Å². The Morgan fingerprint density at radius 1 is 1.17 bits per heavy atom. The van der Waals surface area contributed by atoms with Crippen LogP contribution >= 0.6 is 0 Å². The predicted molar refractivity (Wildman–Crippen MR) is 91.4 cm³/mol. The minimum absolute atomic E-state index is 0.0670. The van der Waals surface area contributed by atoms with Crippen LogP contribution in [-0.2, 0) is 13.0 Å². The van der Waals surface area contributed by atoms with Crippen LogP contribution in [0.25, 0.3) is 10.9 Å². The van der Waals surface area contributed by atoms with Gasteiger partial charge in [-0.3, -0.25) is 4.79 Å². The van der Waals surface area contributed by atoms with Crippen LogP contribution in [0.4, 0.5) is 0 Å². The van der Waals surface area contributed by atoms with Crippen LogP contribution < -0.4 is 10.3 Å². The number of nitrogens with one attached hydrogen (secondary N) is 1. The molecule has 2 aromatic heterocycles. The van der Waals surface area contributed by atoms with E-state index in [1.54, 1.807) is 0 Å². The van der Waals surface area contributed by atoms with Gasteiger partial charge in [0.15, 0.2) is 6.61 Å². The molecule has 1 N–H and O–H groups in total. The minimum atomic E-state index is -0.0670. The van der Waals surface area contributed by atoms with Gasteiger partial charge in [0.2, 0.25) is 11.7 Å². The van der Waals surface area contributed by atoms with Crippen molar-refractivity contribution in [1.29, 1.82) is 0 Å². The van der Waals surface area contributed by atoms with Crippen molar-refractivity contribution in [2.24, 2.45) is 0 Å². The summed E-state index contributed by atoms with van der Waals surface area (Å²) >= 11 is 0. The monoisotopic (exact) mass is 327 g/mol. The number of nitrogens with zero attached hydrogens (tertiary/aromatic N) is 2. The fraction of sp³-hybridized carbons (Fsp3) is 0.389. The average Bonchev–Trinajstić information content (AvgIpc) is 3.01. The van der Waals surface area contributed by atoms with Gasteiger partial charge in [0, 0.05) is 22.9 Å². The van der Waals surface area contributed by atoms with Crippen LogP contribution in [0.15, 0.2) is 21.5 Å². The topological polar surface area (TPSA) is 81.0 Å². The summed E-state index contributed by atoms with van der Waals surface area (Å²) in [6.07, 6.45) is 1.72. The molecule has 2 heterocycles. The smallest absolute Gasteiger partial charge is 0.251 e. The van der Waals surface area contributed by atoms with E-state index in [-0.39, 0.29) is 12.2 Å². The summed E-state index contributed by atoms with van der Waals surface area (Å²) in [5.74, 6) is 1.84. The maximum absolute atomic E-state index is 12.0. The zero-order valence-electron chi connectivity index (χ0n) is 14.4. The van der Waals surface area contributed by atoms with Gasteiger partial charge >= 0.3 is 0 Å². The highest BCUT2D eigenvalue weighted by molar-refractivity contribution is 5.87. The predicted octanol–water partition coefficient (Wildman–Crippen LogP) is 3.37. The molecule has 0 unspecified atom stereocenters. The highest BCUT2D eigenvalue weighted by Gasteiger charge is 2.12. The number of aromatic nitrogens is 3. The Kier molecular flexibility index (Phi) is 4.38. The number of aromatic amines is 1. The number of rotatable bonds is 5. The highest BCUT2D eigenvalue weighted by Crippen LogP contribution is 2.28. The Morgan fingerprint density at radius 2 is 1.96 bits per heavy atom. The number of benzene rings is 1. The molecular weight excluding hydrogens is 306 g/mol. The Balaban J connectivity index is 1.88. The quantitative estimate of drug-likeness (QED) is 0.777. The zero-order valence-corrected chi connectivity index (χ0v) is 14.4. The normalized spacial score (nSPS) is 11.2. The third-order valence-corrected chi connectivity index (χ3v) is 4.29. The number of H-pyrrole nitrogens is 1. The largest absolute Gasteiger partial charge is 0.485 e. The van der Waals surface area contributed by atoms with Crippen molar-refractivity contribution >= 4 is 10.9 Å². The molecule has 6 heteroatoms. The first-order chi connectivity index (χ1) is 11.5. The second-order valence-corrected chi connectivity index (χ2v) is 5.96. The van der Waals surface area contributed by atoms with Crippen molar-refractivity contribution in [3.8, 4) is 5.75 Å². The summed E-state index contributed by atoms with van der Waals surface area (Å²) in [4.78, 5) is 19.3. The maximum atomic E-state index is 12.0. The Bertz CT molecular complexity index is 941. The molecule has 3 rings (SSSR count). The molecule has 24 heavy (non-hydrogen) atoms. The number of ether oxygens (including phenoxy) is 1. The third-order valence-electron chi connectivity index (χ3n) is 4.29. The van der Waals surface area contributed by atoms with Gasteiger partial charge in [-0.2, -0.15) is 4.98 Å². The summed E-state index contributed by atoms with van der Waals surface area (Å²) < 4.78 is 11.0. The first kappa shape index (κ1) is 16.2. The molecule has 0 saturated carbocycles. The van der Waals surface area contributed by atoms with Crippen LogP contribution in [-0.4, -0.2) is 15.1 Å². The summed E-state index contributed by atoms with van der Waals surface area (Å²) in [5, 5.41) is 4.94. The van der Waals surface area contributed by atoms with E-state index in [9.17, 15) is 4.79 Å². The van der Waals surface area contributed by atoms with Crippen molar-refractivity contribution in [2.75, 3.05) is 0 Å². The molecule has 0 saturated heterocycles. The lowest BCUT2D eigenvalue weighted by molar-refractivity contribution is 0.283. The van der Waals surface area contributed by atoms with Gasteiger partial charge in [0.05, 0.1) is 5.52 Å². The second kappa shape index (κ2) is 6.47. The number of hydrogen-bond acceptors (Lipinski definition) is 5. The van der Waals surface area contributed by atoms with Crippen molar-refractivity contribution in [1.82, 2.24) is 15.1 Å². The summed E-state index contributed by atoms with van der Waals surface area (Å²) in [6.45, 7) is 8.01. The molecule has 0 bridgehead atoms. The zero-order chi connectivity index (χ0) is 17.3. The Morgan fingerprint density at radius 3 is 2.71 bits per heavy atom. The van der Waals surface area contributed by atoms with E-state index < -0.39 is 0 Å². The van der Waals surface area contributed by atoms with Crippen molar-refractivity contribution < 1.29 is 9.26 Å². The van der Waals surface area contributed by atoms with E-state index in [1.165, 1.54) is 0 Å². The van der Waals surface area contributed by atoms with Gasteiger partial charge in [0.1, 0.15) is 5.75 Å². The molecule has 0 aliphatic carbocycles. The van der Waals surface area contributed by atoms with Crippen LogP contribution in [0, 0.1) is 20.8 Å². The first-order valence-electron chi connectivity index (χ1n) is 8.08. The van der Waals surface area contributed by atoms with E-state index in [2.05, 4.69) is 22.0 Å².